The van der Waals surface area contributed by atoms with Crippen LogP contribution in [0.25, 0.3) is 0 Å². The zero-order valence-corrected chi connectivity index (χ0v) is 13.1. The summed E-state index contributed by atoms with van der Waals surface area (Å²) in [5.41, 5.74) is 2.55. The van der Waals surface area contributed by atoms with E-state index in [2.05, 4.69) is 26.5 Å². The lowest BCUT2D eigenvalue weighted by atomic mass is 10.2. The monoisotopic (exact) mass is 305 g/mol. The predicted molar refractivity (Wildman–Crippen MR) is 82.1 cm³/mol. The van der Waals surface area contributed by atoms with Crippen LogP contribution in [0.15, 0.2) is 12.4 Å². The molecular formula is C14H19N5OS. The third kappa shape index (κ3) is 3.48. The van der Waals surface area contributed by atoms with Crippen LogP contribution in [0.2, 0.25) is 0 Å². The number of fused-ring (bicyclic) bond motifs is 1. The fourth-order valence-electron chi connectivity index (χ4n) is 2.66. The van der Waals surface area contributed by atoms with Gasteiger partial charge in [-0.3, -0.25) is 14.4 Å². The molecular weight excluding hydrogens is 286 g/mol. The second kappa shape index (κ2) is 5.95. The lowest BCUT2D eigenvalue weighted by Crippen LogP contribution is -2.22. The molecule has 3 rings (SSSR count). The Morgan fingerprint density at radius 1 is 1.52 bits per heavy atom. The van der Waals surface area contributed by atoms with Gasteiger partial charge in [0.2, 0.25) is 5.91 Å². The predicted octanol–water partition coefficient (Wildman–Crippen LogP) is 1.78. The zero-order valence-electron chi connectivity index (χ0n) is 12.3. The second-order valence-electron chi connectivity index (χ2n) is 5.40. The van der Waals surface area contributed by atoms with Crippen LogP contribution >= 0.6 is 11.3 Å². The van der Waals surface area contributed by atoms with E-state index in [1.54, 1.807) is 11.3 Å². The van der Waals surface area contributed by atoms with Gasteiger partial charge in [-0.05, 0) is 19.4 Å². The number of hydrogen-bond donors (Lipinski definition) is 1. The van der Waals surface area contributed by atoms with Crippen molar-refractivity contribution in [3.05, 3.63) is 28.5 Å². The van der Waals surface area contributed by atoms with Crippen molar-refractivity contribution in [3.63, 3.8) is 0 Å². The lowest BCUT2D eigenvalue weighted by molar-refractivity contribution is -0.114. The van der Waals surface area contributed by atoms with E-state index in [4.69, 9.17) is 0 Å². The highest BCUT2D eigenvalue weighted by molar-refractivity contribution is 7.15. The summed E-state index contributed by atoms with van der Waals surface area (Å²) < 4.78 is 1.90. The number of aromatic nitrogens is 3. The van der Waals surface area contributed by atoms with Crippen LogP contribution in [0.1, 0.15) is 29.5 Å². The van der Waals surface area contributed by atoms with Crippen LogP contribution in [-0.4, -0.2) is 32.1 Å². The number of nitrogens with one attached hydrogen (secondary N) is 1. The van der Waals surface area contributed by atoms with Crippen LogP contribution in [0, 0.1) is 0 Å². The van der Waals surface area contributed by atoms with Gasteiger partial charge in [0.25, 0.3) is 0 Å². The number of hydrogen-bond acceptors (Lipinski definition) is 5. The SMILES string of the molecule is CC(=O)Nc1ncc(CN2CCCc3nn(C)cc3C2)s1. The lowest BCUT2D eigenvalue weighted by Gasteiger charge is -2.18. The van der Waals surface area contributed by atoms with E-state index >= 15 is 0 Å². The molecule has 1 amide bonds. The summed E-state index contributed by atoms with van der Waals surface area (Å²) in [6, 6.07) is 0. The molecule has 1 N–H and O–H groups in total. The van der Waals surface area contributed by atoms with Gasteiger partial charge < -0.3 is 5.32 Å². The van der Waals surface area contributed by atoms with Crippen LogP contribution in [0.3, 0.4) is 0 Å². The molecule has 2 aromatic heterocycles. The van der Waals surface area contributed by atoms with Crippen molar-refractivity contribution in [3.8, 4) is 0 Å². The van der Waals surface area contributed by atoms with E-state index in [0.717, 1.165) is 32.5 Å². The molecule has 6 nitrogen and oxygen atoms in total. The van der Waals surface area contributed by atoms with E-state index in [9.17, 15) is 4.79 Å². The first-order chi connectivity index (χ1) is 10.1. The van der Waals surface area contributed by atoms with Gasteiger partial charge in [0.1, 0.15) is 0 Å². The zero-order chi connectivity index (χ0) is 14.8. The van der Waals surface area contributed by atoms with Crippen molar-refractivity contribution in [2.45, 2.75) is 32.9 Å². The molecule has 1 aliphatic rings. The first-order valence-corrected chi connectivity index (χ1v) is 7.88. The van der Waals surface area contributed by atoms with E-state index in [-0.39, 0.29) is 5.91 Å². The highest BCUT2D eigenvalue weighted by Gasteiger charge is 2.18. The van der Waals surface area contributed by atoms with Crippen molar-refractivity contribution in [1.29, 1.82) is 0 Å². The molecule has 0 radical (unpaired) electrons. The van der Waals surface area contributed by atoms with Crippen LogP contribution in [0.4, 0.5) is 5.13 Å². The molecule has 3 heterocycles. The normalized spacial score (nSPS) is 15.5. The Labute approximate surface area is 127 Å². The van der Waals surface area contributed by atoms with Gasteiger partial charge in [0, 0.05) is 49.9 Å². The number of nitrogens with zero attached hydrogens (tertiary/aromatic N) is 4. The summed E-state index contributed by atoms with van der Waals surface area (Å²) >= 11 is 1.54. The van der Waals surface area contributed by atoms with Gasteiger partial charge in [0.15, 0.2) is 5.13 Å². The van der Waals surface area contributed by atoms with Gasteiger partial charge in [-0.1, -0.05) is 0 Å². The minimum Gasteiger partial charge on any atom is -0.302 e. The number of anilines is 1. The quantitative estimate of drug-likeness (QED) is 0.939. The van der Waals surface area contributed by atoms with Gasteiger partial charge in [-0.25, -0.2) is 4.98 Å². The van der Waals surface area contributed by atoms with Crippen molar-refractivity contribution in [1.82, 2.24) is 19.7 Å². The van der Waals surface area contributed by atoms with E-state index in [0.29, 0.717) is 5.13 Å². The van der Waals surface area contributed by atoms with Gasteiger partial charge in [-0.15, -0.1) is 11.3 Å². The molecule has 0 fully saturated rings. The largest absolute Gasteiger partial charge is 0.302 e. The standard InChI is InChI=1S/C14H19N5OS/c1-10(20)16-14-15-6-12(21-14)9-19-5-3-4-13-11(8-19)7-18(2)17-13/h6-7H,3-5,8-9H2,1-2H3,(H,15,16,20). The molecule has 0 unspecified atom stereocenters. The average Bonchev–Trinajstić information content (AvgIpc) is 2.91. The molecule has 0 atom stereocenters. The summed E-state index contributed by atoms with van der Waals surface area (Å²) in [6.07, 6.45) is 6.14. The fraction of sp³-hybridized carbons (Fsp3) is 0.500. The number of aryl methyl sites for hydroxylation is 2. The molecule has 0 saturated heterocycles. The van der Waals surface area contributed by atoms with E-state index in [1.807, 2.05) is 17.9 Å². The summed E-state index contributed by atoms with van der Waals surface area (Å²) in [7, 11) is 1.97. The molecule has 2 aromatic rings. The molecule has 21 heavy (non-hydrogen) atoms. The smallest absolute Gasteiger partial charge is 0.223 e. The third-order valence-electron chi connectivity index (χ3n) is 3.49. The minimum absolute atomic E-state index is 0.0781. The maximum Gasteiger partial charge on any atom is 0.223 e. The molecule has 112 valence electrons. The van der Waals surface area contributed by atoms with Crippen molar-refractivity contribution >= 4 is 22.4 Å². The Morgan fingerprint density at radius 2 is 2.38 bits per heavy atom. The number of rotatable bonds is 3. The van der Waals surface area contributed by atoms with E-state index < -0.39 is 0 Å². The Bertz CT molecular complexity index is 648. The summed E-state index contributed by atoms with van der Waals surface area (Å²) in [6.45, 7) is 4.36. The van der Waals surface area contributed by atoms with Gasteiger partial charge >= 0.3 is 0 Å². The maximum absolute atomic E-state index is 11.0. The van der Waals surface area contributed by atoms with Crippen LogP contribution < -0.4 is 5.32 Å². The Hall–Kier alpha value is -1.73. The molecule has 0 aromatic carbocycles. The first-order valence-electron chi connectivity index (χ1n) is 7.06. The van der Waals surface area contributed by atoms with Crippen LogP contribution in [-0.2, 0) is 31.4 Å². The average molecular weight is 305 g/mol. The number of carbonyl (C=O) groups excluding carboxylic acids is 1. The summed E-state index contributed by atoms with van der Waals surface area (Å²) in [5, 5.41) is 7.93. The summed E-state index contributed by atoms with van der Waals surface area (Å²) in [5.74, 6) is -0.0781. The molecule has 0 aliphatic carbocycles. The number of carbonyl (C=O) groups is 1. The maximum atomic E-state index is 11.0. The van der Waals surface area contributed by atoms with Gasteiger partial charge in [0.05, 0.1) is 5.69 Å². The van der Waals surface area contributed by atoms with Gasteiger partial charge in [-0.2, -0.15) is 5.10 Å². The number of thiazole rings is 1. The highest BCUT2D eigenvalue weighted by Crippen LogP contribution is 2.23. The molecule has 1 aliphatic heterocycles. The Kier molecular flexibility index (Phi) is 4.03. The third-order valence-corrected chi connectivity index (χ3v) is 4.39. The van der Waals surface area contributed by atoms with Crippen LogP contribution in [0.5, 0.6) is 0 Å². The first kappa shape index (κ1) is 14.2. The minimum atomic E-state index is -0.0781. The highest BCUT2D eigenvalue weighted by atomic mass is 32.1. The number of amides is 1. The Morgan fingerprint density at radius 3 is 3.19 bits per heavy atom. The Balaban J connectivity index is 1.67. The molecule has 0 spiro atoms. The fourth-order valence-corrected chi connectivity index (χ4v) is 3.56. The summed E-state index contributed by atoms with van der Waals surface area (Å²) in [4.78, 5) is 18.9. The van der Waals surface area contributed by atoms with E-state index in [1.165, 1.54) is 23.1 Å². The second-order valence-corrected chi connectivity index (χ2v) is 6.52. The van der Waals surface area contributed by atoms with Crippen molar-refractivity contribution < 1.29 is 4.79 Å². The molecule has 0 bridgehead atoms. The molecule has 7 heteroatoms. The van der Waals surface area contributed by atoms with Crippen molar-refractivity contribution in [2.75, 3.05) is 11.9 Å². The van der Waals surface area contributed by atoms with Crippen molar-refractivity contribution in [2.24, 2.45) is 7.05 Å². The molecule has 0 saturated carbocycles. The topological polar surface area (TPSA) is 63.1 Å².